The quantitative estimate of drug-likeness (QED) is 0.933. The fourth-order valence-corrected chi connectivity index (χ4v) is 6.09. The molecule has 4 aliphatic carbocycles. The summed E-state index contributed by atoms with van der Waals surface area (Å²) in [6.45, 7) is 0. The number of amides is 1. The largest absolute Gasteiger partial charge is 0.350 e. The van der Waals surface area contributed by atoms with Gasteiger partial charge in [-0.3, -0.25) is 9.78 Å². The summed E-state index contributed by atoms with van der Waals surface area (Å²) in [7, 11) is 0. The van der Waals surface area contributed by atoms with Crippen LogP contribution in [-0.4, -0.2) is 16.4 Å². The third-order valence-electron chi connectivity index (χ3n) is 6.51. The predicted molar refractivity (Wildman–Crippen MR) is 94.5 cm³/mol. The first-order chi connectivity index (χ1) is 11.7. The molecule has 4 fully saturated rings. The first-order valence-electron chi connectivity index (χ1n) is 9.33. The number of rotatable bonds is 3. The maximum atomic E-state index is 12.8. The van der Waals surface area contributed by atoms with Crippen LogP contribution in [-0.2, 0) is 11.2 Å². The summed E-state index contributed by atoms with van der Waals surface area (Å²) in [5.74, 6) is 2.75. The molecule has 0 radical (unpaired) electrons. The zero-order valence-electron chi connectivity index (χ0n) is 14.0. The molecule has 124 valence electrons. The maximum Gasteiger partial charge on any atom is 0.224 e. The van der Waals surface area contributed by atoms with E-state index in [1.54, 1.807) is 0 Å². The molecular weight excluding hydrogens is 296 g/mol. The van der Waals surface area contributed by atoms with Gasteiger partial charge >= 0.3 is 0 Å². The summed E-state index contributed by atoms with van der Waals surface area (Å²) >= 11 is 0. The van der Waals surface area contributed by atoms with Gasteiger partial charge in [0.15, 0.2) is 0 Å². The van der Waals surface area contributed by atoms with E-state index in [-0.39, 0.29) is 11.4 Å². The van der Waals surface area contributed by atoms with Gasteiger partial charge in [0, 0.05) is 17.1 Å². The summed E-state index contributed by atoms with van der Waals surface area (Å²) in [5, 5.41) is 4.58. The van der Waals surface area contributed by atoms with Crippen LogP contribution in [0.5, 0.6) is 0 Å². The molecule has 0 saturated heterocycles. The molecule has 0 spiro atoms. The number of para-hydroxylation sites is 1. The van der Waals surface area contributed by atoms with Gasteiger partial charge in [-0.15, -0.1) is 0 Å². The Morgan fingerprint density at radius 1 is 1.04 bits per heavy atom. The minimum absolute atomic E-state index is 0.101. The SMILES string of the molecule is O=C(Cc1cccc2cccnc12)NC12CC3CC(CC(C3)C1)C2. The van der Waals surface area contributed by atoms with Crippen molar-refractivity contribution in [3.8, 4) is 0 Å². The molecule has 24 heavy (non-hydrogen) atoms. The Hall–Kier alpha value is -1.90. The van der Waals surface area contributed by atoms with Crippen LogP contribution >= 0.6 is 0 Å². The van der Waals surface area contributed by atoms with Crippen LogP contribution in [0.25, 0.3) is 10.9 Å². The molecule has 3 heteroatoms. The van der Waals surface area contributed by atoms with E-state index in [1.165, 1.54) is 38.5 Å². The molecule has 1 aromatic heterocycles. The van der Waals surface area contributed by atoms with Crippen LogP contribution in [0.1, 0.15) is 44.1 Å². The van der Waals surface area contributed by atoms with Gasteiger partial charge in [0.1, 0.15) is 0 Å². The van der Waals surface area contributed by atoms with Gasteiger partial charge in [-0.05, 0) is 67.9 Å². The molecule has 1 amide bonds. The van der Waals surface area contributed by atoms with E-state index in [0.29, 0.717) is 6.42 Å². The molecule has 4 aliphatic rings. The molecule has 4 saturated carbocycles. The normalized spacial score (nSPS) is 33.8. The van der Waals surface area contributed by atoms with Gasteiger partial charge in [-0.25, -0.2) is 0 Å². The Morgan fingerprint density at radius 3 is 2.42 bits per heavy atom. The summed E-state index contributed by atoms with van der Waals surface area (Å²) in [6, 6.07) is 10.1. The molecule has 2 aromatic rings. The topological polar surface area (TPSA) is 42.0 Å². The number of carbonyl (C=O) groups is 1. The Bertz CT molecular complexity index is 757. The summed E-state index contributed by atoms with van der Waals surface area (Å²) in [6.07, 6.45) is 10.1. The van der Waals surface area contributed by atoms with Crippen molar-refractivity contribution in [2.75, 3.05) is 0 Å². The van der Waals surface area contributed by atoms with Gasteiger partial charge in [0.2, 0.25) is 5.91 Å². The third kappa shape index (κ3) is 2.42. The van der Waals surface area contributed by atoms with E-state index < -0.39 is 0 Å². The zero-order valence-corrected chi connectivity index (χ0v) is 14.0. The van der Waals surface area contributed by atoms with Gasteiger partial charge in [0.25, 0.3) is 0 Å². The number of carbonyl (C=O) groups excluding carboxylic acids is 1. The lowest BCUT2D eigenvalue weighted by atomic mass is 9.53. The summed E-state index contributed by atoms with van der Waals surface area (Å²) < 4.78 is 0. The number of hydrogen-bond donors (Lipinski definition) is 1. The molecule has 6 rings (SSSR count). The van der Waals surface area contributed by atoms with Gasteiger partial charge in [0.05, 0.1) is 11.9 Å². The summed E-state index contributed by atoms with van der Waals surface area (Å²) in [5.41, 5.74) is 2.10. The van der Waals surface area contributed by atoms with Crippen LogP contribution in [0.15, 0.2) is 36.5 Å². The van der Waals surface area contributed by atoms with Crippen LogP contribution < -0.4 is 5.32 Å². The number of pyridine rings is 1. The number of benzene rings is 1. The number of nitrogens with zero attached hydrogens (tertiary/aromatic N) is 1. The highest BCUT2D eigenvalue weighted by atomic mass is 16.1. The van der Waals surface area contributed by atoms with E-state index in [1.807, 2.05) is 24.4 Å². The molecule has 0 atom stereocenters. The fourth-order valence-electron chi connectivity index (χ4n) is 6.09. The molecule has 4 bridgehead atoms. The first-order valence-corrected chi connectivity index (χ1v) is 9.33. The standard InChI is InChI=1S/C21H24N2O/c24-19(10-18-4-1-3-17-5-2-6-22-20(17)18)23-21-11-14-7-15(12-21)9-16(8-14)13-21/h1-6,14-16H,7-13H2,(H,23,24). The number of aromatic nitrogens is 1. The second kappa shape index (κ2) is 5.30. The van der Waals surface area contributed by atoms with Crippen molar-refractivity contribution in [2.24, 2.45) is 17.8 Å². The maximum absolute atomic E-state index is 12.8. The van der Waals surface area contributed by atoms with Crippen molar-refractivity contribution in [1.29, 1.82) is 0 Å². The average molecular weight is 320 g/mol. The van der Waals surface area contributed by atoms with Crippen molar-refractivity contribution < 1.29 is 4.79 Å². The fraction of sp³-hybridized carbons (Fsp3) is 0.524. The average Bonchev–Trinajstić information content (AvgIpc) is 2.53. The predicted octanol–water partition coefficient (Wildman–Crippen LogP) is 3.86. The van der Waals surface area contributed by atoms with Crippen LogP contribution in [0, 0.1) is 17.8 Å². The second-order valence-electron chi connectivity index (χ2n) is 8.42. The number of nitrogens with one attached hydrogen (secondary N) is 1. The van der Waals surface area contributed by atoms with Crippen LogP contribution in [0.2, 0.25) is 0 Å². The minimum Gasteiger partial charge on any atom is -0.350 e. The Kier molecular flexibility index (Phi) is 3.19. The van der Waals surface area contributed by atoms with Gasteiger partial charge in [-0.2, -0.15) is 0 Å². The van der Waals surface area contributed by atoms with Crippen molar-refractivity contribution in [3.63, 3.8) is 0 Å². The molecule has 1 heterocycles. The number of hydrogen-bond acceptors (Lipinski definition) is 2. The van der Waals surface area contributed by atoms with Crippen molar-refractivity contribution in [2.45, 2.75) is 50.5 Å². The highest BCUT2D eigenvalue weighted by molar-refractivity contribution is 5.87. The minimum atomic E-state index is 0.101. The van der Waals surface area contributed by atoms with Crippen LogP contribution in [0.4, 0.5) is 0 Å². The molecule has 0 unspecified atom stereocenters. The van der Waals surface area contributed by atoms with E-state index in [2.05, 4.69) is 22.4 Å². The van der Waals surface area contributed by atoms with Crippen LogP contribution in [0.3, 0.4) is 0 Å². The molecular formula is C21H24N2O. The third-order valence-corrected chi connectivity index (χ3v) is 6.51. The van der Waals surface area contributed by atoms with Gasteiger partial charge < -0.3 is 5.32 Å². The Morgan fingerprint density at radius 2 is 1.71 bits per heavy atom. The molecule has 3 nitrogen and oxygen atoms in total. The Labute approximate surface area is 142 Å². The number of fused-ring (bicyclic) bond motifs is 1. The highest BCUT2D eigenvalue weighted by Crippen LogP contribution is 2.55. The highest BCUT2D eigenvalue weighted by Gasteiger charge is 2.51. The monoisotopic (exact) mass is 320 g/mol. The molecule has 1 N–H and O–H groups in total. The zero-order chi connectivity index (χ0) is 16.1. The van der Waals surface area contributed by atoms with E-state index in [0.717, 1.165) is 34.2 Å². The van der Waals surface area contributed by atoms with E-state index in [9.17, 15) is 4.79 Å². The van der Waals surface area contributed by atoms with E-state index >= 15 is 0 Å². The van der Waals surface area contributed by atoms with E-state index in [4.69, 9.17) is 0 Å². The van der Waals surface area contributed by atoms with Crippen molar-refractivity contribution >= 4 is 16.8 Å². The van der Waals surface area contributed by atoms with Crippen molar-refractivity contribution in [3.05, 3.63) is 42.1 Å². The van der Waals surface area contributed by atoms with Gasteiger partial charge in [-0.1, -0.05) is 24.3 Å². The lowest BCUT2D eigenvalue weighted by molar-refractivity contribution is -0.126. The molecule has 0 aliphatic heterocycles. The Balaban J connectivity index is 1.36. The first kappa shape index (κ1) is 14.4. The summed E-state index contributed by atoms with van der Waals surface area (Å²) in [4.78, 5) is 17.3. The van der Waals surface area contributed by atoms with Crippen molar-refractivity contribution in [1.82, 2.24) is 10.3 Å². The second-order valence-corrected chi connectivity index (χ2v) is 8.42. The lowest BCUT2D eigenvalue weighted by Crippen LogP contribution is -2.60. The smallest absolute Gasteiger partial charge is 0.224 e. The molecule has 1 aromatic carbocycles. The lowest BCUT2D eigenvalue weighted by Gasteiger charge is -2.56.